The van der Waals surface area contributed by atoms with E-state index in [2.05, 4.69) is 5.32 Å². The third-order valence-electron chi connectivity index (χ3n) is 3.62. The van der Waals surface area contributed by atoms with Crippen molar-refractivity contribution in [2.24, 2.45) is 5.92 Å². The van der Waals surface area contributed by atoms with Gasteiger partial charge in [0.2, 0.25) is 0 Å². The van der Waals surface area contributed by atoms with Crippen molar-refractivity contribution in [3.05, 3.63) is 0 Å². The predicted molar refractivity (Wildman–Crippen MR) is 75.4 cm³/mol. The zero-order valence-electron chi connectivity index (χ0n) is 12.5. The van der Waals surface area contributed by atoms with Crippen LogP contribution in [-0.4, -0.2) is 51.8 Å². The number of aliphatic hydroxyl groups excluding tert-OH is 1. The number of nitrogens with zero attached hydrogens (tertiary/aromatic N) is 1. The van der Waals surface area contributed by atoms with E-state index in [1.807, 2.05) is 13.8 Å². The van der Waals surface area contributed by atoms with E-state index in [0.29, 0.717) is 12.5 Å². The molecule has 1 saturated carbocycles. The summed E-state index contributed by atoms with van der Waals surface area (Å²) in [6.07, 6.45) is 3.01. The molecule has 0 aliphatic heterocycles. The van der Waals surface area contributed by atoms with E-state index in [4.69, 9.17) is 5.11 Å². The number of carboxylic acids is 1. The number of carbonyl (C=O) groups is 2. The van der Waals surface area contributed by atoms with Gasteiger partial charge >= 0.3 is 12.0 Å². The van der Waals surface area contributed by atoms with E-state index < -0.39 is 18.1 Å². The summed E-state index contributed by atoms with van der Waals surface area (Å²) < 4.78 is 0. The monoisotopic (exact) mass is 286 g/mol. The lowest BCUT2D eigenvalue weighted by molar-refractivity contribution is -0.141. The Balaban J connectivity index is 2.73. The van der Waals surface area contributed by atoms with Crippen molar-refractivity contribution in [3.8, 4) is 0 Å². The average Bonchev–Trinajstić information content (AvgIpc) is 2.85. The van der Waals surface area contributed by atoms with E-state index >= 15 is 0 Å². The maximum absolute atomic E-state index is 12.3. The first-order chi connectivity index (χ1) is 9.32. The van der Waals surface area contributed by atoms with Crippen LogP contribution in [0.15, 0.2) is 0 Å². The van der Waals surface area contributed by atoms with Crippen LogP contribution in [0.4, 0.5) is 4.79 Å². The number of urea groups is 1. The molecule has 0 saturated heterocycles. The number of rotatable bonds is 6. The standard InChI is InChI=1S/C14H26N2O4/c1-9(2)8-16(11-6-4-5-7-11)14(20)15-12(10(3)17)13(18)19/h9-12,17H,4-8H2,1-3H3,(H,15,20)(H,18,19)/t10-,12+/m1/s1. The van der Waals surface area contributed by atoms with Gasteiger partial charge in [-0.3, -0.25) is 0 Å². The molecule has 6 nitrogen and oxygen atoms in total. The molecule has 0 bridgehead atoms. The number of carboxylic acid groups (broad SMARTS) is 1. The number of aliphatic hydroxyl groups is 1. The fourth-order valence-electron chi connectivity index (χ4n) is 2.61. The Morgan fingerprint density at radius 2 is 1.80 bits per heavy atom. The number of hydrogen-bond acceptors (Lipinski definition) is 3. The summed E-state index contributed by atoms with van der Waals surface area (Å²) >= 11 is 0. The van der Waals surface area contributed by atoms with Gasteiger partial charge in [0, 0.05) is 12.6 Å². The minimum atomic E-state index is -1.27. The van der Waals surface area contributed by atoms with Gasteiger partial charge in [-0.1, -0.05) is 26.7 Å². The van der Waals surface area contributed by atoms with E-state index in [0.717, 1.165) is 25.7 Å². The molecule has 1 aliphatic rings. The van der Waals surface area contributed by atoms with Gasteiger partial charge in [0.1, 0.15) is 0 Å². The number of aliphatic carboxylic acids is 1. The first-order valence-electron chi connectivity index (χ1n) is 7.31. The van der Waals surface area contributed by atoms with Crippen LogP contribution < -0.4 is 5.32 Å². The number of hydrogen-bond donors (Lipinski definition) is 3. The summed E-state index contributed by atoms with van der Waals surface area (Å²) in [4.78, 5) is 25.1. The molecular weight excluding hydrogens is 260 g/mol. The summed E-state index contributed by atoms with van der Waals surface area (Å²) in [6, 6.07) is -1.47. The molecule has 116 valence electrons. The minimum Gasteiger partial charge on any atom is -0.480 e. The summed E-state index contributed by atoms with van der Waals surface area (Å²) in [5.41, 5.74) is 0. The predicted octanol–water partition coefficient (Wildman–Crippen LogP) is 1.43. The molecule has 2 atom stereocenters. The highest BCUT2D eigenvalue weighted by atomic mass is 16.4. The van der Waals surface area contributed by atoms with Gasteiger partial charge in [-0.2, -0.15) is 0 Å². The number of amides is 2. The SMILES string of the molecule is CC(C)CN(C(=O)N[C@H](C(=O)O)[C@@H](C)O)C1CCCC1. The largest absolute Gasteiger partial charge is 0.480 e. The lowest BCUT2D eigenvalue weighted by atomic mass is 10.1. The molecule has 0 aromatic heterocycles. The minimum absolute atomic E-state index is 0.181. The molecule has 20 heavy (non-hydrogen) atoms. The quantitative estimate of drug-likeness (QED) is 0.689. The highest BCUT2D eigenvalue weighted by molar-refractivity contribution is 5.83. The second-order valence-electron chi connectivity index (χ2n) is 5.99. The summed E-state index contributed by atoms with van der Waals surface area (Å²) in [6.45, 7) is 6.02. The molecule has 3 N–H and O–H groups in total. The average molecular weight is 286 g/mol. The molecule has 1 rings (SSSR count). The first kappa shape index (κ1) is 16.8. The lowest BCUT2D eigenvalue weighted by Gasteiger charge is -2.32. The van der Waals surface area contributed by atoms with Crippen LogP contribution in [0.3, 0.4) is 0 Å². The molecule has 0 spiro atoms. The first-order valence-corrected chi connectivity index (χ1v) is 7.31. The zero-order valence-corrected chi connectivity index (χ0v) is 12.5. The van der Waals surface area contributed by atoms with E-state index in [1.165, 1.54) is 6.92 Å². The Bertz CT molecular complexity index is 338. The molecule has 6 heteroatoms. The van der Waals surface area contributed by atoms with Crippen LogP contribution in [0, 0.1) is 5.92 Å². The maximum atomic E-state index is 12.3. The normalized spacial score (nSPS) is 18.9. The molecule has 1 aliphatic carbocycles. The molecule has 2 amide bonds. The van der Waals surface area contributed by atoms with Crippen molar-refractivity contribution >= 4 is 12.0 Å². The van der Waals surface area contributed by atoms with Gasteiger partial charge in [-0.15, -0.1) is 0 Å². The van der Waals surface area contributed by atoms with Crippen LogP contribution in [0.1, 0.15) is 46.5 Å². The van der Waals surface area contributed by atoms with Crippen LogP contribution in [0.5, 0.6) is 0 Å². The highest BCUT2D eigenvalue weighted by Crippen LogP contribution is 2.24. The highest BCUT2D eigenvalue weighted by Gasteiger charge is 2.31. The van der Waals surface area contributed by atoms with Crippen molar-refractivity contribution in [2.75, 3.05) is 6.54 Å². The smallest absolute Gasteiger partial charge is 0.328 e. The second-order valence-corrected chi connectivity index (χ2v) is 5.99. The Morgan fingerprint density at radius 3 is 2.20 bits per heavy atom. The van der Waals surface area contributed by atoms with Crippen molar-refractivity contribution in [1.29, 1.82) is 0 Å². The van der Waals surface area contributed by atoms with Gasteiger partial charge in [0.25, 0.3) is 0 Å². The Kier molecular flexibility index (Phi) is 6.26. The zero-order chi connectivity index (χ0) is 15.3. The summed E-state index contributed by atoms with van der Waals surface area (Å²) in [5, 5.41) is 20.9. The van der Waals surface area contributed by atoms with Crippen LogP contribution in [-0.2, 0) is 4.79 Å². The van der Waals surface area contributed by atoms with Crippen LogP contribution >= 0.6 is 0 Å². The number of carbonyl (C=O) groups excluding carboxylic acids is 1. The summed E-state index contributed by atoms with van der Waals surface area (Å²) in [5.74, 6) is -0.902. The van der Waals surface area contributed by atoms with Gasteiger partial charge < -0.3 is 20.4 Å². The topological polar surface area (TPSA) is 89.9 Å². The molecule has 0 unspecified atom stereocenters. The van der Waals surface area contributed by atoms with Crippen molar-refractivity contribution in [2.45, 2.75) is 64.6 Å². The maximum Gasteiger partial charge on any atom is 0.328 e. The summed E-state index contributed by atoms with van der Waals surface area (Å²) in [7, 11) is 0. The van der Waals surface area contributed by atoms with E-state index in [-0.39, 0.29) is 12.1 Å². The van der Waals surface area contributed by atoms with Crippen LogP contribution in [0.25, 0.3) is 0 Å². The Hall–Kier alpha value is -1.30. The Morgan fingerprint density at radius 1 is 1.25 bits per heavy atom. The molecule has 0 radical (unpaired) electrons. The Labute approximate surface area is 120 Å². The molecule has 0 heterocycles. The second kappa shape index (κ2) is 7.47. The van der Waals surface area contributed by atoms with Crippen molar-refractivity contribution in [1.82, 2.24) is 10.2 Å². The fourth-order valence-corrected chi connectivity index (χ4v) is 2.61. The molecular formula is C14H26N2O4. The van der Waals surface area contributed by atoms with Gasteiger partial charge in [0.15, 0.2) is 6.04 Å². The van der Waals surface area contributed by atoms with E-state index in [9.17, 15) is 14.7 Å². The van der Waals surface area contributed by atoms with E-state index in [1.54, 1.807) is 4.90 Å². The number of nitrogens with one attached hydrogen (secondary N) is 1. The lowest BCUT2D eigenvalue weighted by Crippen LogP contribution is -2.55. The third kappa shape index (κ3) is 4.67. The fraction of sp³-hybridized carbons (Fsp3) is 0.857. The van der Waals surface area contributed by atoms with Crippen molar-refractivity contribution in [3.63, 3.8) is 0 Å². The molecule has 0 aromatic carbocycles. The van der Waals surface area contributed by atoms with Crippen molar-refractivity contribution < 1.29 is 19.8 Å². The molecule has 1 fully saturated rings. The molecule has 0 aromatic rings. The van der Waals surface area contributed by atoms with Crippen LogP contribution in [0.2, 0.25) is 0 Å². The van der Waals surface area contributed by atoms with Gasteiger partial charge in [-0.25, -0.2) is 9.59 Å². The van der Waals surface area contributed by atoms with Gasteiger partial charge in [-0.05, 0) is 25.7 Å². The van der Waals surface area contributed by atoms with Gasteiger partial charge in [0.05, 0.1) is 6.10 Å². The third-order valence-corrected chi connectivity index (χ3v) is 3.62.